The number of aryl methyl sites for hydroxylation is 1. The van der Waals surface area contributed by atoms with Crippen LogP contribution in [0.2, 0.25) is 5.02 Å². The third-order valence-corrected chi connectivity index (χ3v) is 4.43. The van der Waals surface area contributed by atoms with E-state index in [4.69, 9.17) is 17.3 Å². The van der Waals surface area contributed by atoms with Crippen LogP contribution in [0.15, 0.2) is 36.4 Å². The molecule has 2 nitrogen and oxygen atoms in total. The molecule has 90 valence electrons. The number of rotatable bonds is 1. The summed E-state index contributed by atoms with van der Waals surface area (Å²) >= 11 is 7.76. The first-order chi connectivity index (χ1) is 8.66. The maximum Gasteiger partial charge on any atom is 0.127 e. The molecule has 0 saturated heterocycles. The van der Waals surface area contributed by atoms with Crippen LogP contribution in [0.4, 0.5) is 5.69 Å². The molecular formula is C14H11ClN2S. The fourth-order valence-electron chi connectivity index (χ4n) is 2.00. The number of nitrogen functional groups attached to an aromatic ring is 1. The number of nitrogens with two attached hydrogens (primary N) is 1. The van der Waals surface area contributed by atoms with Crippen LogP contribution in [-0.2, 0) is 0 Å². The Labute approximate surface area is 114 Å². The Morgan fingerprint density at radius 2 is 1.94 bits per heavy atom. The van der Waals surface area contributed by atoms with Gasteiger partial charge in [-0.05, 0) is 30.7 Å². The number of halogens is 1. The molecule has 0 saturated carbocycles. The zero-order valence-electron chi connectivity index (χ0n) is 9.77. The lowest BCUT2D eigenvalue weighted by Crippen LogP contribution is -1.91. The summed E-state index contributed by atoms with van der Waals surface area (Å²) < 4.78 is 1.01. The quantitative estimate of drug-likeness (QED) is 0.663. The number of hydrogen-bond acceptors (Lipinski definition) is 3. The van der Waals surface area contributed by atoms with Crippen molar-refractivity contribution in [2.45, 2.75) is 6.92 Å². The van der Waals surface area contributed by atoms with E-state index in [9.17, 15) is 0 Å². The van der Waals surface area contributed by atoms with Crippen LogP contribution >= 0.6 is 22.9 Å². The van der Waals surface area contributed by atoms with E-state index in [1.165, 1.54) is 0 Å². The molecule has 0 amide bonds. The first-order valence-electron chi connectivity index (χ1n) is 5.57. The molecule has 3 rings (SSSR count). The molecule has 0 aliphatic heterocycles. The Morgan fingerprint density at radius 3 is 2.67 bits per heavy atom. The van der Waals surface area contributed by atoms with E-state index in [-0.39, 0.29) is 0 Å². The second-order valence-corrected chi connectivity index (χ2v) is 5.55. The Bertz CT molecular complexity index is 713. The fourth-order valence-corrected chi connectivity index (χ4v) is 3.39. The highest BCUT2D eigenvalue weighted by Gasteiger charge is 2.12. The van der Waals surface area contributed by atoms with Crippen molar-refractivity contribution in [2.24, 2.45) is 0 Å². The minimum atomic E-state index is 0.739. The molecule has 0 bridgehead atoms. The predicted octanol–water partition coefficient (Wildman–Crippen LogP) is 4.51. The molecule has 0 fully saturated rings. The summed E-state index contributed by atoms with van der Waals surface area (Å²) in [5.74, 6) is 0. The molecule has 0 radical (unpaired) electrons. The van der Waals surface area contributed by atoms with Gasteiger partial charge < -0.3 is 5.73 Å². The van der Waals surface area contributed by atoms with E-state index < -0.39 is 0 Å². The molecule has 0 aliphatic rings. The van der Waals surface area contributed by atoms with Crippen molar-refractivity contribution >= 4 is 38.8 Å². The summed E-state index contributed by atoms with van der Waals surface area (Å²) in [6.07, 6.45) is 0. The second-order valence-electron chi connectivity index (χ2n) is 4.15. The SMILES string of the molecule is Cc1cccc(N)c1-c1nc2cccc(Cl)c2s1. The van der Waals surface area contributed by atoms with E-state index in [0.29, 0.717) is 0 Å². The molecule has 0 aliphatic carbocycles. The molecule has 4 heteroatoms. The van der Waals surface area contributed by atoms with Gasteiger partial charge in [0.25, 0.3) is 0 Å². The van der Waals surface area contributed by atoms with Crippen LogP contribution in [-0.4, -0.2) is 4.98 Å². The summed E-state index contributed by atoms with van der Waals surface area (Å²) in [4.78, 5) is 4.62. The minimum absolute atomic E-state index is 0.739. The summed E-state index contributed by atoms with van der Waals surface area (Å²) in [6, 6.07) is 11.7. The van der Waals surface area contributed by atoms with Gasteiger partial charge in [0.2, 0.25) is 0 Å². The Morgan fingerprint density at radius 1 is 1.17 bits per heavy atom. The van der Waals surface area contributed by atoms with Crippen LogP contribution in [0.5, 0.6) is 0 Å². The van der Waals surface area contributed by atoms with Gasteiger partial charge in [0.1, 0.15) is 5.01 Å². The maximum absolute atomic E-state index is 6.18. The smallest absolute Gasteiger partial charge is 0.127 e. The van der Waals surface area contributed by atoms with Crippen LogP contribution < -0.4 is 5.73 Å². The molecule has 1 heterocycles. The van der Waals surface area contributed by atoms with Crippen molar-refractivity contribution in [3.05, 3.63) is 47.0 Å². The Hall–Kier alpha value is -1.58. The van der Waals surface area contributed by atoms with Gasteiger partial charge in [0, 0.05) is 11.3 Å². The number of hydrogen-bond donors (Lipinski definition) is 1. The molecule has 1 aromatic heterocycles. The first kappa shape index (κ1) is 11.5. The summed E-state index contributed by atoms with van der Waals surface area (Å²) in [5, 5.41) is 1.66. The Kier molecular flexibility index (Phi) is 2.73. The number of anilines is 1. The zero-order valence-corrected chi connectivity index (χ0v) is 11.3. The lowest BCUT2D eigenvalue weighted by Gasteiger charge is -2.05. The van der Waals surface area contributed by atoms with Crippen LogP contribution in [0, 0.1) is 6.92 Å². The fraction of sp³-hybridized carbons (Fsp3) is 0.0714. The van der Waals surface area contributed by atoms with Gasteiger partial charge in [-0.15, -0.1) is 11.3 Å². The molecule has 0 spiro atoms. The molecule has 18 heavy (non-hydrogen) atoms. The average molecular weight is 275 g/mol. The van der Waals surface area contributed by atoms with Gasteiger partial charge in [-0.1, -0.05) is 29.8 Å². The second kappa shape index (κ2) is 4.26. The van der Waals surface area contributed by atoms with Gasteiger partial charge >= 0.3 is 0 Å². The van der Waals surface area contributed by atoms with E-state index in [1.807, 2.05) is 43.3 Å². The Balaban J connectivity index is 2.30. The van der Waals surface area contributed by atoms with E-state index in [2.05, 4.69) is 4.98 Å². The first-order valence-corrected chi connectivity index (χ1v) is 6.77. The molecule has 0 unspecified atom stereocenters. The lowest BCUT2D eigenvalue weighted by molar-refractivity contribution is 1.41. The highest BCUT2D eigenvalue weighted by molar-refractivity contribution is 7.22. The number of fused-ring (bicyclic) bond motifs is 1. The van der Waals surface area contributed by atoms with Crippen LogP contribution in [0.25, 0.3) is 20.8 Å². The van der Waals surface area contributed by atoms with E-state index in [1.54, 1.807) is 11.3 Å². The maximum atomic E-state index is 6.18. The summed E-state index contributed by atoms with van der Waals surface area (Å²) in [6.45, 7) is 2.04. The largest absolute Gasteiger partial charge is 0.398 e. The van der Waals surface area contributed by atoms with E-state index in [0.717, 1.165) is 37.1 Å². The molecule has 2 aromatic carbocycles. The van der Waals surface area contributed by atoms with Crippen LogP contribution in [0.3, 0.4) is 0 Å². The van der Waals surface area contributed by atoms with Gasteiger partial charge in [0.15, 0.2) is 0 Å². The number of nitrogens with zero attached hydrogens (tertiary/aromatic N) is 1. The van der Waals surface area contributed by atoms with E-state index >= 15 is 0 Å². The van der Waals surface area contributed by atoms with Crippen molar-refractivity contribution in [3.63, 3.8) is 0 Å². The average Bonchev–Trinajstić information content (AvgIpc) is 2.74. The van der Waals surface area contributed by atoms with Gasteiger partial charge in [-0.25, -0.2) is 4.98 Å². The number of aromatic nitrogens is 1. The third-order valence-electron chi connectivity index (χ3n) is 2.89. The highest BCUT2D eigenvalue weighted by Crippen LogP contribution is 2.37. The van der Waals surface area contributed by atoms with Crippen LogP contribution in [0.1, 0.15) is 5.56 Å². The number of thiazole rings is 1. The van der Waals surface area contributed by atoms with Crippen molar-refractivity contribution in [2.75, 3.05) is 5.73 Å². The standard InChI is InChI=1S/C14H11ClN2S/c1-8-4-2-6-10(16)12(8)14-17-11-7-3-5-9(15)13(11)18-14/h2-7H,16H2,1H3. The summed E-state index contributed by atoms with van der Waals surface area (Å²) in [7, 11) is 0. The van der Waals surface area contributed by atoms with Crippen molar-refractivity contribution in [1.29, 1.82) is 0 Å². The third kappa shape index (κ3) is 1.76. The van der Waals surface area contributed by atoms with Gasteiger partial charge in [-0.2, -0.15) is 0 Å². The highest BCUT2D eigenvalue weighted by atomic mass is 35.5. The topological polar surface area (TPSA) is 38.9 Å². The van der Waals surface area contributed by atoms with Crippen molar-refractivity contribution in [1.82, 2.24) is 4.98 Å². The monoisotopic (exact) mass is 274 g/mol. The zero-order chi connectivity index (χ0) is 12.7. The summed E-state index contributed by atoms with van der Waals surface area (Å²) in [5.41, 5.74) is 9.86. The lowest BCUT2D eigenvalue weighted by atomic mass is 10.1. The minimum Gasteiger partial charge on any atom is -0.398 e. The van der Waals surface area contributed by atoms with Gasteiger partial charge in [-0.3, -0.25) is 0 Å². The molecular weight excluding hydrogens is 264 g/mol. The molecule has 3 aromatic rings. The molecule has 0 atom stereocenters. The normalized spacial score (nSPS) is 11.0. The molecule has 2 N–H and O–H groups in total. The van der Waals surface area contributed by atoms with Gasteiger partial charge in [0.05, 0.1) is 15.2 Å². The van der Waals surface area contributed by atoms with Crippen molar-refractivity contribution in [3.8, 4) is 10.6 Å². The predicted molar refractivity (Wildman–Crippen MR) is 79.2 cm³/mol. The number of benzene rings is 2. The van der Waals surface area contributed by atoms with Crippen molar-refractivity contribution < 1.29 is 0 Å².